The Kier molecular flexibility index (Phi) is 4.37. The second-order valence-corrected chi connectivity index (χ2v) is 5.11. The summed E-state index contributed by atoms with van der Waals surface area (Å²) in [6.45, 7) is -0.594. The summed E-state index contributed by atoms with van der Waals surface area (Å²) in [5.41, 5.74) is 6.35. The maximum atomic E-state index is 11.8. The summed E-state index contributed by atoms with van der Waals surface area (Å²) in [5, 5.41) is 10.6. The lowest BCUT2D eigenvalue weighted by Crippen LogP contribution is -2.33. The highest BCUT2D eigenvalue weighted by molar-refractivity contribution is 7.89. The molecule has 1 amide bonds. The first-order valence-corrected chi connectivity index (χ1v) is 6.29. The number of non-ortho nitro benzene ring substituents is 1. The maximum Gasteiger partial charge on any atom is 0.271 e. The topological polar surface area (TPSA) is 170 Å². The van der Waals surface area contributed by atoms with Crippen molar-refractivity contribution in [2.24, 2.45) is 11.6 Å². The molecule has 1 aromatic rings. The van der Waals surface area contributed by atoms with E-state index in [9.17, 15) is 23.3 Å². The molecule has 104 valence electrons. The summed E-state index contributed by atoms with van der Waals surface area (Å²) in [5.74, 6) is 4.25. The van der Waals surface area contributed by atoms with Gasteiger partial charge in [-0.2, -0.15) is 0 Å². The van der Waals surface area contributed by atoms with Crippen LogP contribution in [0.5, 0.6) is 0 Å². The lowest BCUT2D eigenvalue weighted by Gasteiger charge is -2.09. The van der Waals surface area contributed by atoms with Crippen LogP contribution in [0.25, 0.3) is 0 Å². The highest BCUT2D eigenvalue weighted by Crippen LogP contribution is 2.25. The zero-order chi connectivity index (χ0) is 14.6. The first-order chi connectivity index (χ1) is 8.77. The largest absolute Gasteiger partial charge is 0.369 e. The SMILES string of the molecule is NNc1cc([N+](=O)[O-])ccc1S(=O)(=O)NCC(N)=O. The molecule has 0 spiro atoms. The predicted octanol–water partition coefficient (Wildman–Crippen LogP) is -1.36. The van der Waals surface area contributed by atoms with Crippen molar-refractivity contribution in [1.82, 2.24) is 4.72 Å². The van der Waals surface area contributed by atoms with Gasteiger partial charge in [0, 0.05) is 12.1 Å². The van der Waals surface area contributed by atoms with Crippen LogP contribution in [-0.2, 0) is 14.8 Å². The highest BCUT2D eigenvalue weighted by atomic mass is 32.2. The molecule has 0 aliphatic carbocycles. The first kappa shape index (κ1) is 14.8. The van der Waals surface area contributed by atoms with Crippen molar-refractivity contribution in [3.8, 4) is 0 Å². The number of nitrogens with zero attached hydrogens (tertiary/aromatic N) is 1. The molecular weight excluding hydrogens is 278 g/mol. The number of nitrogens with one attached hydrogen (secondary N) is 2. The minimum absolute atomic E-state index is 0.175. The van der Waals surface area contributed by atoms with E-state index in [0.717, 1.165) is 18.2 Å². The average molecular weight is 289 g/mol. The molecule has 0 aliphatic rings. The molecular formula is C8H11N5O5S. The maximum absolute atomic E-state index is 11.8. The van der Waals surface area contributed by atoms with Gasteiger partial charge >= 0.3 is 0 Å². The molecule has 19 heavy (non-hydrogen) atoms. The second kappa shape index (κ2) is 5.60. The lowest BCUT2D eigenvalue weighted by molar-refractivity contribution is -0.384. The Hall–Kier alpha value is -2.24. The molecule has 0 heterocycles. The van der Waals surface area contributed by atoms with Crippen molar-refractivity contribution in [3.05, 3.63) is 28.3 Å². The van der Waals surface area contributed by atoms with Crippen molar-refractivity contribution in [3.63, 3.8) is 0 Å². The van der Waals surface area contributed by atoms with Crippen molar-refractivity contribution >= 4 is 27.3 Å². The number of nitro benzene ring substituents is 1. The molecule has 0 aromatic heterocycles. The standard InChI is InChI=1S/C8H11N5O5S/c9-8(14)4-11-19(17,18)7-2-1-5(13(15)16)3-6(7)12-10/h1-3,11-12H,4,10H2,(H2,9,14). The van der Waals surface area contributed by atoms with Gasteiger partial charge in [0.2, 0.25) is 15.9 Å². The van der Waals surface area contributed by atoms with Gasteiger partial charge in [0.25, 0.3) is 5.69 Å². The number of benzene rings is 1. The van der Waals surface area contributed by atoms with Gasteiger partial charge in [-0.25, -0.2) is 13.1 Å². The van der Waals surface area contributed by atoms with Crippen molar-refractivity contribution < 1.29 is 18.1 Å². The summed E-state index contributed by atoms with van der Waals surface area (Å²) in [7, 11) is -4.06. The Morgan fingerprint density at radius 1 is 1.42 bits per heavy atom. The number of hydrogen-bond donors (Lipinski definition) is 4. The first-order valence-electron chi connectivity index (χ1n) is 4.81. The molecule has 0 aliphatic heterocycles. The van der Waals surface area contributed by atoms with Gasteiger partial charge in [-0.15, -0.1) is 0 Å². The minimum atomic E-state index is -4.06. The molecule has 0 fully saturated rings. The third kappa shape index (κ3) is 3.61. The molecule has 0 saturated carbocycles. The number of sulfonamides is 1. The van der Waals surface area contributed by atoms with Gasteiger partial charge in [0.15, 0.2) is 0 Å². The van der Waals surface area contributed by atoms with Crippen LogP contribution in [0.3, 0.4) is 0 Å². The highest BCUT2D eigenvalue weighted by Gasteiger charge is 2.21. The number of hydrazine groups is 1. The van der Waals surface area contributed by atoms with Gasteiger partial charge in [-0.1, -0.05) is 0 Å². The number of carbonyl (C=O) groups excluding carboxylic acids is 1. The molecule has 0 bridgehead atoms. The normalized spacial score (nSPS) is 11.0. The fourth-order valence-electron chi connectivity index (χ4n) is 1.22. The molecule has 11 heteroatoms. The van der Waals surface area contributed by atoms with Crippen molar-refractivity contribution in [2.75, 3.05) is 12.0 Å². The van der Waals surface area contributed by atoms with E-state index in [1.54, 1.807) is 0 Å². The smallest absolute Gasteiger partial charge is 0.271 e. The van der Waals surface area contributed by atoms with E-state index < -0.39 is 27.4 Å². The molecule has 6 N–H and O–H groups in total. The average Bonchev–Trinajstić information content (AvgIpc) is 2.35. The fraction of sp³-hybridized carbons (Fsp3) is 0.125. The van der Waals surface area contributed by atoms with E-state index in [0.29, 0.717) is 0 Å². The third-order valence-electron chi connectivity index (χ3n) is 2.06. The van der Waals surface area contributed by atoms with E-state index >= 15 is 0 Å². The van der Waals surface area contributed by atoms with Crippen LogP contribution in [0.15, 0.2) is 23.1 Å². The van der Waals surface area contributed by atoms with Gasteiger partial charge in [0.05, 0.1) is 17.2 Å². The number of nitro groups is 1. The lowest BCUT2D eigenvalue weighted by atomic mass is 10.3. The zero-order valence-corrected chi connectivity index (χ0v) is 10.3. The molecule has 0 unspecified atom stereocenters. The quantitative estimate of drug-likeness (QED) is 0.284. The third-order valence-corrected chi connectivity index (χ3v) is 3.51. The van der Waals surface area contributed by atoms with E-state index in [1.165, 1.54) is 0 Å². The van der Waals surface area contributed by atoms with Crippen molar-refractivity contribution in [1.29, 1.82) is 0 Å². The van der Waals surface area contributed by atoms with E-state index in [1.807, 2.05) is 10.1 Å². The van der Waals surface area contributed by atoms with Crippen LogP contribution in [-0.4, -0.2) is 25.8 Å². The number of nitrogens with two attached hydrogens (primary N) is 2. The van der Waals surface area contributed by atoms with Crippen LogP contribution in [0, 0.1) is 10.1 Å². The Morgan fingerprint density at radius 2 is 2.05 bits per heavy atom. The zero-order valence-electron chi connectivity index (χ0n) is 9.49. The Balaban J connectivity index is 3.19. The van der Waals surface area contributed by atoms with E-state index in [2.05, 4.69) is 0 Å². The summed E-state index contributed by atoms with van der Waals surface area (Å²) in [6, 6.07) is 2.95. The molecule has 0 saturated heterocycles. The van der Waals surface area contributed by atoms with Gasteiger partial charge in [-0.3, -0.25) is 20.8 Å². The number of nitrogen functional groups attached to an aromatic ring is 1. The Morgan fingerprint density at radius 3 is 2.53 bits per heavy atom. The predicted molar refractivity (Wildman–Crippen MR) is 65.3 cm³/mol. The van der Waals surface area contributed by atoms with Crippen LogP contribution in [0.2, 0.25) is 0 Å². The molecule has 1 aromatic carbocycles. The number of anilines is 1. The number of hydrogen-bond acceptors (Lipinski definition) is 7. The van der Waals surface area contributed by atoms with Gasteiger partial charge in [-0.05, 0) is 6.07 Å². The fourth-order valence-corrected chi connectivity index (χ4v) is 2.36. The number of primary amides is 1. The number of amides is 1. The molecule has 10 nitrogen and oxygen atoms in total. The van der Waals surface area contributed by atoms with Crippen molar-refractivity contribution in [2.45, 2.75) is 4.90 Å². The second-order valence-electron chi connectivity index (χ2n) is 3.37. The van der Waals surface area contributed by atoms with Gasteiger partial charge in [0.1, 0.15) is 4.90 Å². The van der Waals surface area contributed by atoms with Crippen LogP contribution >= 0.6 is 0 Å². The number of rotatable bonds is 6. The number of carbonyl (C=O) groups is 1. The molecule has 0 atom stereocenters. The summed E-state index contributed by atoms with van der Waals surface area (Å²) in [6.07, 6.45) is 0. The van der Waals surface area contributed by atoms with Crippen LogP contribution < -0.4 is 21.7 Å². The minimum Gasteiger partial charge on any atom is -0.369 e. The molecule has 0 radical (unpaired) electrons. The van der Waals surface area contributed by atoms with Crippen LogP contribution in [0.4, 0.5) is 11.4 Å². The monoisotopic (exact) mass is 289 g/mol. The van der Waals surface area contributed by atoms with Crippen LogP contribution in [0.1, 0.15) is 0 Å². The summed E-state index contributed by atoms with van der Waals surface area (Å²) >= 11 is 0. The summed E-state index contributed by atoms with van der Waals surface area (Å²) < 4.78 is 25.6. The van der Waals surface area contributed by atoms with E-state index in [4.69, 9.17) is 11.6 Å². The Bertz CT molecular complexity index is 614. The van der Waals surface area contributed by atoms with E-state index in [-0.39, 0.29) is 16.3 Å². The van der Waals surface area contributed by atoms with Gasteiger partial charge < -0.3 is 11.2 Å². The summed E-state index contributed by atoms with van der Waals surface area (Å²) in [4.78, 5) is 20.1. The molecule has 1 rings (SSSR count). The Labute approximate surface area is 107 Å².